The van der Waals surface area contributed by atoms with Crippen LogP contribution in [0.4, 0.5) is 0 Å². The fourth-order valence-corrected chi connectivity index (χ4v) is 1.25. The summed E-state index contributed by atoms with van der Waals surface area (Å²) in [6.45, 7) is 1.32. The van der Waals surface area contributed by atoms with Crippen LogP contribution in [0, 0.1) is 0 Å². The lowest BCUT2D eigenvalue weighted by Gasteiger charge is -2.12. The van der Waals surface area contributed by atoms with Crippen molar-refractivity contribution in [2.45, 2.75) is 6.42 Å². The Kier molecular flexibility index (Phi) is 2.23. The SMILES string of the molecule is O=C(c1ccncc1)N1CCCO1. The van der Waals surface area contributed by atoms with E-state index in [-0.39, 0.29) is 5.91 Å². The van der Waals surface area contributed by atoms with Gasteiger partial charge >= 0.3 is 0 Å². The van der Waals surface area contributed by atoms with Crippen molar-refractivity contribution in [2.24, 2.45) is 0 Å². The number of hydrogen-bond acceptors (Lipinski definition) is 3. The summed E-state index contributed by atoms with van der Waals surface area (Å²) in [5, 5.41) is 1.40. The average Bonchev–Trinajstić information content (AvgIpc) is 2.71. The highest BCUT2D eigenvalue weighted by Gasteiger charge is 2.20. The highest BCUT2D eigenvalue weighted by atomic mass is 16.7. The Morgan fingerprint density at radius 1 is 1.46 bits per heavy atom. The molecule has 68 valence electrons. The molecule has 1 fully saturated rings. The van der Waals surface area contributed by atoms with Gasteiger partial charge in [0.1, 0.15) is 0 Å². The standard InChI is InChI=1S/C9H10N2O2/c12-9(11-6-1-7-13-11)8-2-4-10-5-3-8/h2-5H,1,6-7H2. The molecule has 2 heterocycles. The minimum Gasteiger partial charge on any atom is -0.271 e. The van der Waals surface area contributed by atoms with E-state index in [0.29, 0.717) is 18.7 Å². The first-order valence-corrected chi connectivity index (χ1v) is 4.23. The first-order valence-electron chi connectivity index (χ1n) is 4.23. The van der Waals surface area contributed by atoms with Crippen LogP contribution in [0.2, 0.25) is 0 Å². The minimum absolute atomic E-state index is 0.0834. The number of carbonyl (C=O) groups is 1. The number of pyridine rings is 1. The summed E-state index contributed by atoms with van der Waals surface area (Å²) >= 11 is 0. The Balaban J connectivity index is 2.13. The zero-order chi connectivity index (χ0) is 9.10. The Morgan fingerprint density at radius 2 is 2.23 bits per heavy atom. The molecule has 0 bridgehead atoms. The molecule has 0 N–H and O–H groups in total. The van der Waals surface area contributed by atoms with E-state index in [1.807, 2.05) is 0 Å². The highest BCUT2D eigenvalue weighted by molar-refractivity contribution is 5.93. The highest BCUT2D eigenvalue weighted by Crippen LogP contribution is 2.09. The van der Waals surface area contributed by atoms with Crippen LogP contribution in [0.3, 0.4) is 0 Å². The lowest BCUT2D eigenvalue weighted by Crippen LogP contribution is -2.26. The largest absolute Gasteiger partial charge is 0.277 e. The quantitative estimate of drug-likeness (QED) is 0.640. The number of nitrogens with zero attached hydrogens (tertiary/aromatic N) is 2. The molecule has 4 heteroatoms. The topological polar surface area (TPSA) is 42.4 Å². The molecule has 4 nitrogen and oxygen atoms in total. The molecular formula is C9H10N2O2. The van der Waals surface area contributed by atoms with E-state index < -0.39 is 0 Å². The lowest BCUT2D eigenvalue weighted by atomic mass is 10.2. The van der Waals surface area contributed by atoms with E-state index in [1.165, 1.54) is 5.06 Å². The smallest absolute Gasteiger partial charge is 0.271 e. The van der Waals surface area contributed by atoms with Gasteiger partial charge in [-0.3, -0.25) is 14.6 Å². The summed E-state index contributed by atoms with van der Waals surface area (Å²) in [4.78, 5) is 20.6. The Labute approximate surface area is 76.1 Å². The zero-order valence-electron chi connectivity index (χ0n) is 7.14. The minimum atomic E-state index is -0.0834. The van der Waals surface area contributed by atoms with Gasteiger partial charge in [0, 0.05) is 18.0 Å². The van der Waals surface area contributed by atoms with Gasteiger partial charge in [-0.05, 0) is 18.6 Å². The van der Waals surface area contributed by atoms with Crippen LogP contribution < -0.4 is 0 Å². The number of amides is 1. The first-order chi connectivity index (χ1) is 6.38. The molecule has 0 saturated carbocycles. The summed E-state index contributed by atoms with van der Waals surface area (Å²) in [6.07, 6.45) is 4.11. The summed E-state index contributed by atoms with van der Waals surface area (Å²) in [5.74, 6) is -0.0834. The normalized spacial score (nSPS) is 16.2. The second kappa shape index (κ2) is 3.53. The van der Waals surface area contributed by atoms with Crippen molar-refractivity contribution in [1.82, 2.24) is 10.0 Å². The maximum Gasteiger partial charge on any atom is 0.277 e. The van der Waals surface area contributed by atoms with Crippen LogP contribution in [0.1, 0.15) is 16.8 Å². The van der Waals surface area contributed by atoms with Crippen LogP contribution in [0.15, 0.2) is 24.5 Å². The van der Waals surface area contributed by atoms with Crippen LogP contribution in [0.25, 0.3) is 0 Å². The molecule has 1 aliphatic heterocycles. The second-order valence-corrected chi connectivity index (χ2v) is 2.83. The Bertz CT molecular complexity index is 294. The third-order valence-corrected chi connectivity index (χ3v) is 1.91. The molecule has 0 unspecified atom stereocenters. The number of hydroxylamine groups is 2. The Hall–Kier alpha value is -1.42. The van der Waals surface area contributed by atoms with Crippen molar-refractivity contribution in [3.8, 4) is 0 Å². The summed E-state index contributed by atoms with van der Waals surface area (Å²) < 4.78 is 0. The number of rotatable bonds is 1. The van der Waals surface area contributed by atoms with Gasteiger partial charge < -0.3 is 0 Å². The molecule has 0 aromatic carbocycles. The molecular weight excluding hydrogens is 168 g/mol. The van der Waals surface area contributed by atoms with E-state index in [0.717, 1.165) is 6.42 Å². The van der Waals surface area contributed by atoms with Crippen molar-refractivity contribution in [3.05, 3.63) is 30.1 Å². The average molecular weight is 178 g/mol. The van der Waals surface area contributed by atoms with Gasteiger partial charge in [-0.15, -0.1) is 0 Å². The Morgan fingerprint density at radius 3 is 2.85 bits per heavy atom. The monoisotopic (exact) mass is 178 g/mol. The molecule has 13 heavy (non-hydrogen) atoms. The fraction of sp³-hybridized carbons (Fsp3) is 0.333. The van der Waals surface area contributed by atoms with Crippen LogP contribution in [-0.2, 0) is 4.84 Å². The van der Waals surface area contributed by atoms with Crippen LogP contribution in [0.5, 0.6) is 0 Å². The van der Waals surface area contributed by atoms with Gasteiger partial charge in [0.2, 0.25) is 0 Å². The zero-order valence-corrected chi connectivity index (χ0v) is 7.14. The van der Waals surface area contributed by atoms with Gasteiger partial charge in [0.15, 0.2) is 0 Å². The van der Waals surface area contributed by atoms with Crippen LogP contribution in [-0.4, -0.2) is 29.1 Å². The molecule has 1 aromatic heterocycles. The molecule has 0 aliphatic carbocycles. The fourth-order valence-electron chi connectivity index (χ4n) is 1.25. The number of hydrogen-bond donors (Lipinski definition) is 0. The maximum atomic E-state index is 11.6. The molecule has 0 atom stereocenters. The van der Waals surface area contributed by atoms with Crippen molar-refractivity contribution in [1.29, 1.82) is 0 Å². The van der Waals surface area contributed by atoms with E-state index >= 15 is 0 Å². The van der Waals surface area contributed by atoms with Gasteiger partial charge in [0.05, 0.1) is 13.2 Å². The van der Waals surface area contributed by atoms with Crippen molar-refractivity contribution in [3.63, 3.8) is 0 Å². The van der Waals surface area contributed by atoms with Crippen molar-refractivity contribution < 1.29 is 9.63 Å². The predicted octanol–water partition coefficient (Wildman–Crippen LogP) is 0.859. The molecule has 0 radical (unpaired) electrons. The van der Waals surface area contributed by atoms with Gasteiger partial charge in [-0.2, -0.15) is 0 Å². The molecule has 0 spiro atoms. The van der Waals surface area contributed by atoms with Gasteiger partial charge in [-0.25, -0.2) is 5.06 Å². The molecule has 1 aliphatic rings. The summed E-state index contributed by atoms with van der Waals surface area (Å²) in [6, 6.07) is 3.37. The summed E-state index contributed by atoms with van der Waals surface area (Å²) in [5.41, 5.74) is 0.622. The first kappa shape index (κ1) is 8.19. The lowest BCUT2D eigenvalue weighted by molar-refractivity contribution is -0.0768. The van der Waals surface area contributed by atoms with E-state index in [1.54, 1.807) is 24.5 Å². The van der Waals surface area contributed by atoms with E-state index in [9.17, 15) is 4.79 Å². The number of aromatic nitrogens is 1. The molecule has 1 aromatic rings. The van der Waals surface area contributed by atoms with Gasteiger partial charge in [-0.1, -0.05) is 0 Å². The predicted molar refractivity (Wildman–Crippen MR) is 45.8 cm³/mol. The summed E-state index contributed by atoms with van der Waals surface area (Å²) in [7, 11) is 0. The van der Waals surface area contributed by atoms with Crippen molar-refractivity contribution >= 4 is 5.91 Å². The van der Waals surface area contributed by atoms with E-state index in [2.05, 4.69) is 4.98 Å². The maximum absolute atomic E-state index is 11.6. The molecule has 1 amide bonds. The number of carbonyl (C=O) groups excluding carboxylic acids is 1. The molecule has 2 rings (SSSR count). The van der Waals surface area contributed by atoms with Gasteiger partial charge in [0.25, 0.3) is 5.91 Å². The van der Waals surface area contributed by atoms with Crippen LogP contribution >= 0.6 is 0 Å². The second-order valence-electron chi connectivity index (χ2n) is 2.83. The third-order valence-electron chi connectivity index (χ3n) is 1.91. The van der Waals surface area contributed by atoms with E-state index in [4.69, 9.17) is 4.84 Å². The molecule has 1 saturated heterocycles. The van der Waals surface area contributed by atoms with Crippen molar-refractivity contribution in [2.75, 3.05) is 13.2 Å². The third kappa shape index (κ3) is 1.67.